The van der Waals surface area contributed by atoms with Gasteiger partial charge in [-0.15, -0.1) is 0 Å². The Morgan fingerprint density at radius 3 is 2.11 bits per heavy atom. The molecule has 2 aliphatic rings. The predicted octanol–water partition coefficient (Wildman–Crippen LogP) is 0.357. The summed E-state index contributed by atoms with van der Waals surface area (Å²) in [5.41, 5.74) is 0. The van der Waals surface area contributed by atoms with Crippen molar-refractivity contribution < 1.29 is 21.7 Å². The van der Waals surface area contributed by atoms with Gasteiger partial charge in [-0.25, -0.2) is 16.8 Å². The van der Waals surface area contributed by atoms with Crippen LogP contribution in [0.3, 0.4) is 0 Å². The summed E-state index contributed by atoms with van der Waals surface area (Å²) in [7, 11) is -6.60. The van der Waals surface area contributed by atoms with Crippen molar-refractivity contribution in [3.8, 4) is 0 Å². The van der Waals surface area contributed by atoms with Gasteiger partial charge in [0.05, 0.1) is 22.9 Å². The van der Waals surface area contributed by atoms with Crippen LogP contribution in [0, 0.1) is 0 Å². The average molecular weight is 297 g/mol. The minimum atomic E-state index is -3.56. The zero-order valence-electron chi connectivity index (χ0n) is 10.2. The smallest absolute Gasteiger partial charge is 0.236 e. The molecular formula is C10H19NO5S2. The summed E-state index contributed by atoms with van der Waals surface area (Å²) in [4.78, 5) is 7.36. The maximum atomic E-state index is 11.9. The van der Waals surface area contributed by atoms with E-state index in [-0.39, 0.29) is 30.5 Å². The van der Waals surface area contributed by atoms with Crippen molar-refractivity contribution >= 4 is 19.9 Å². The van der Waals surface area contributed by atoms with Crippen LogP contribution in [0.25, 0.3) is 0 Å². The summed E-state index contributed by atoms with van der Waals surface area (Å²) in [5.74, 6) is -0.107. The van der Waals surface area contributed by atoms with Crippen LogP contribution in [0.15, 0.2) is 0 Å². The molecule has 0 unspecified atom stereocenters. The summed E-state index contributed by atoms with van der Waals surface area (Å²) < 4.78 is 46.3. The third-order valence-electron chi connectivity index (χ3n) is 3.57. The second-order valence-electron chi connectivity index (χ2n) is 5.00. The van der Waals surface area contributed by atoms with Gasteiger partial charge in [0.25, 0.3) is 0 Å². The van der Waals surface area contributed by atoms with Gasteiger partial charge in [-0.3, -0.25) is 4.84 Å². The maximum absolute atomic E-state index is 11.9. The molecule has 1 aliphatic heterocycles. The highest BCUT2D eigenvalue weighted by Gasteiger charge is 2.33. The van der Waals surface area contributed by atoms with Crippen LogP contribution in [-0.4, -0.2) is 39.7 Å². The van der Waals surface area contributed by atoms with Gasteiger partial charge >= 0.3 is 0 Å². The van der Waals surface area contributed by atoms with E-state index in [1.165, 1.54) is 0 Å². The highest BCUT2D eigenvalue weighted by molar-refractivity contribution is 7.92. The van der Waals surface area contributed by atoms with Crippen LogP contribution in [0.2, 0.25) is 0 Å². The molecule has 8 heteroatoms. The summed E-state index contributed by atoms with van der Waals surface area (Å²) in [6, 6.07) is 0. The highest BCUT2D eigenvalue weighted by Crippen LogP contribution is 2.22. The fraction of sp³-hybridized carbons (Fsp3) is 1.00. The number of hydrogen-bond donors (Lipinski definition) is 1. The van der Waals surface area contributed by atoms with Crippen LogP contribution < -0.4 is 4.89 Å². The van der Waals surface area contributed by atoms with E-state index in [0.717, 1.165) is 25.7 Å². The molecule has 0 aromatic rings. The standard InChI is InChI=1S/C10H19NO5S2/c12-17(13)7-5-10(6-8-17)18(14,15)11-16-9-3-1-2-4-9/h9-11H,1-8H2. The third-order valence-corrected chi connectivity index (χ3v) is 6.97. The quantitative estimate of drug-likeness (QED) is 0.757. The Hall–Kier alpha value is -0.180. The Balaban J connectivity index is 1.86. The summed E-state index contributed by atoms with van der Waals surface area (Å²) in [5, 5.41) is -0.651. The lowest BCUT2D eigenvalue weighted by molar-refractivity contribution is 0.0217. The molecule has 0 spiro atoms. The zero-order valence-corrected chi connectivity index (χ0v) is 11.8. The van der Waals surface area contributed by atoms with Crippen molar-refractivity contribution in [3.05, 3.63) is 0 Å². The highest BCUT2D eigenvalue weighted by atomic mass is 32.2. The average Bonchev–Trinajstić information content (AvgIpc) is 2.79. The second-order valence-corrected chi connectivity index (χ2v) is 9.23. The van der Waals surface area contributed by atoms with Crippen molar-refractivity contribution in [2.24, 2.45) is 0 Å². The molecule has 0 radical (unpaired) electrons. The first-order chi connectivity index (χ1) is 8.39. The molecule has 0 aromatic heterocycles. The zero-order chi connectivity index (χ0) is 13.2. The van der Waals surface area contributed by atoms with Crippen LogP contribution >= 0.6 is 0 Å². The van der Waals surface area contributed by atoms with Gasteiger partial charge in [0.2, 0.25) is 10.0 Å². The van der Waals surface area contributed by atoms with Gasteiger partial charge in [-0.05, 0) is 25.7 Å². The fourth-order valence-electron chi connectivity index (χ4n) is 2.39. The molecule has 1 N–H and O–H groups in total. The third kappa shape index (κ3) is 3.66. The second kappa shape index (κ2) is 5.44. The minimum Gasteiger partial charge on any atom is -0.284 e. The largest absolute Gasteiger partial charge is 0.284 e. The molecule has 0 aromatic carbocycles. The lowest BCUT2D eigenvalue weighted by Gasteiger charge is -2.22. The topological polar surface area (TPSA) is 89.5 Å². The number of sulfone groups is 1. The van der Waals surface area contributed by atoms with Gasteiger partial charge in [0, 0.05) is 0 Å². The Morgan fingerprint density at radius 1 is 1.00 bits per heavy atom. The summed E-state index contributed by atoms with van der Waals surface area (Å²) in [6.07, 6.45) is 4.16. The Bertz CT molecular complexity index is 464. The molecular weight excluding hydrogens is 278 g/mol. The molecule has 1 saturated heterocycles. The van der Waals surface area contributed by atoms with E-state index >= 15 is 0 Å². The number of nitrogens with one attached hydrogen (secondary N) is 1. The van der Waals surface area contributed by atoms with E-state index in [0.29, 0.717) is 0 Å². The van der Waals surface area contributed by atoms with Crippen molar-refractivity contribution in [1.29, 1.82) is 0 Å². The monoisotopic (exact) mass is 297 g/mol. The van der Waals surface area contributed by atoms with E-state index in [9.17, 15) is 16.8 Å². The van der Waals surface area contributed by atoms with Crippen LogP contribution in [-0.2, 0) is 24.7 Å². The first kappa shape index (κ1) is 14.2. The Labute approximate surface area is 108 Å². The van der Waals surface area contributed by atoms with Crippen LogP contribution in [0.1, 0.15) is 38.5 Å². The predicted molar refractivity (Wildman–Crippen MR) is 67.1 cm³/mol. The van der Waals surface area contributed by atoms with Crippen molar-refractivity contribution in [3.63, 3.8) is 0 Å². The first-order valence-electron chi connectivity index (χ1n) is 6.26. The normalized spacial score (nSPS) is 26.4. The summed E-state index contributed by atoms with van der Waals surface area (Å²) in [6.45, 7) is 0. The Morgan fingerprint density at radius 2 is 1.56 bits per heavy atom. The number of rotatable bonds is 4. The number of hydrogen-bond acceptors (Lipinski definition) is 5. The maximum Gasteiger partial charge on any atom is 0.236 e. The van der Waals surface area contributed by atoms with Gasteiger partial charge < -0.3 is 0 Å². The van der Waals surface area contributed by atoms with Gasteiger partial charge in [0.15, 0.2) is 0 Å². The molecule has 6 nitrogen and oxygen atoms in total. The van der Waals surface area contributed by atoms with E-state index in [1.807, 2.05) is 0 Å². The molecule has 2 fully saturated rings. The lowest BCUT2D eigenvalue weighted by atomic mass is 10.2. The summed E-state index contributed by atoms with van der Waals surface area (Å²) >= 11 is 0. The van der Waals surface area contributed by atoms with Gasteiger partial charge in [-0.2, -0.15) is 0 Å². The Kier molecular flexibility index (Phi) is 4.30. The van der Waals surface area contributed by atoms with E-state index in [2.05, 4.69) is 4.89 Å². The molecule has 106 valence electrons. The molecule has 1 saturated carbocycles. The van der Waals surface area contributed by atoms with E-state index < -0.39 is 25.1 Å². The van der Waals surface area contributed by atoms with Gasteiger partial charge in [0.1, 0.15) is 9.84 Å². The molecule has 0 bridgehead atoms. The van der Waals surface area contributed by atoms with Crippen LogP contribution in [0.5, 0.6) is 0 Å². The van der Waals surface area contributed by atoms with Crippen LogP contribution in [0.4, 0.5) is 0 Å². The fourth-order valence-corrected chi connectivity index (χ4v) is 5.44. The van der Waals surface area contributed by atoms with Crippen molar-refractivity contribution in [2.45, 2.75) is 49.9 Å². The van der Waals surface area contributed by atoms with Crippen molar-refractivity contribution in [2.75, 3.05) is 11.5 Å². The van der Waals surface area contributed by atoms with Crippen molar-refractivity contribution in [1.82, 2.24) is 4.89 Å². The minimum absolute atomic E-state index is 0.0351. The van der Waals surface area contributed by atoms with E-state index in [4.69, 9.17) is 4.84 Å². The van der Waals surface area contributed by atoms with Gasteiger partial charge in [-0.1, -0.05) is 17.7 Å². The molecule has 1 heterocycles. The number of sulfonamides is 1. The molecule has 2 rings (SSSR count). The molecule has 0 amide bonds. The SMILES string of the molecule is O=S1(=O)CCC(S(=O)(=O)NOC2CCCC2)CC1. The van der Waals surface area contributed by atoms with E-state index in [1.54, 1.807) is 0 Å². The first-order valence-corrected chi connectivity index (χ1v) is 9.62. The lowest BCUT2D eigenvalue weighted by Crippen LogP contribution is -2.41. The molecule has 1 aliphatic carbocycles. The molecule has 0 atom stereocenters. The molecule has 18 heavy (non-hydrogen) atoms.